The third-order valence-electron chi connectivity index (χ3n) is 3.42. The number of carbonyl (C=O) groups excluding carboxylic acids is 1. The number of hydrogen-bond donors (Lipinski definition) is 2. The molecule has 0 saturated carbocycles. The Morgan fingerprint density at radius 3 is 2.62 bits per heavy atom. The molecule has 2 aromatic heterocycles. The minimum absolute atomic E-state index is 0.151. The second-order valence-electron chi connectivity index (χ2n) is 5.14. The van der Waals surface area contributed by atoms with Crippen LogP contribution >= 0.6 is 22.9 Å². The second-order valence-corrected chi connectivity index (χ2v) is 6.47. The van der Waals surface area contributed by atoms with Gasteiger partial charge >= 0.3 is 5.97 Å². The number of rotatable bonds is 7. The molecule has 0 bridgehead atoms. The molecule has 9 heteroatoms. The number of Topliss-reactive ketones (excluding diaryl/α,β-unsaturated/α-hetero) is 1. The van der Waals surface area contributed by atoms with Crippen LogP contribution in [-0.2, 0) is 11.3 Å². The maximum Gasteiger partial charge on any atom is 0.360 e. The van der Waals surface area contributed by atoms with Gasteiger partial charge in [0.15, 0.2) is 0 Å². The number of halogens is 1. The van der Waals surface area contributed by atoms with Crippen molar-refractivity contribution in [2.75, 3.05) is 0 Å². The molecule has 1 aromatic carbocycles. The lowest BCUT2D eigenvalue weighted by atomic mass is 10.2. The molecule has 7 nitrogen and oxygen atoms in total. The standard InChI is InChI=1S/C17H13ClN4O3S/c18-13-6-9-26-16(13)15(23)14(17(24)25)21-19-10-11-2-4-12(5-3-11)22-8-1-7-20-22/h1-9,19H,10H2,(H,24,25)/b21-14-. The number of nitrogens with zero attached hydrogens (tertiary/aromatic N) is 3. The van der Waals surface area contributed by atoms with Crippen molar-refractivity contribution in [2.24, 2.45) is 5.10 Å². The number of thiophene rings is 1. The zero-order chi connectivity index (χ0) is 18.5. The normalized spacial score (nSPS) is 11.3. The fraction of sp³-hybridized carbons (Fsp3) is 0.0588. The summed E-state index contributed by atoms with van der Waals surface area (Å²) in [7, 11) is 0. The number of hydrazone groups is 1. The van der Waals surface area contributed by atoms with Crippen molar-refractivity contribution in [3.05, 3.63) is 69.6 Å². The van der Waals surface area contributed by atoms with E-state index in [4.69, 9.17) is 11.6 Å². The van der Waals surface area contributed by atoms with Crippen molar-refractivity contribution in [2.45, 2.75) is 6.54 Å². The Hall–Kier alpha value is -2.97. The van der Waals surface area contributed by atoms with Crippen LogP contribution in [0, 0.1) is 0 Å². The first-order valence-electron chi connectivity index (χ1n) is 7.47. The first kappa shape index (κ1) is 17.8. The smallest absolute Gasteiger partial charge is 0.360 e. The van der Waals surface area contributed by atoms with Gasteiger partial charge in [-0.15, -0.1) is 11.3 Å². The molecule has 0 saturated heterocycles. The minimum atomic E-state index is -1.42. The third kappa shape index (κ3) is 3.98. The number of carboxylic acid groups (broad SMARTS) is 1. The Kier molecular flexibility index (Phi) is 5.45. The Balaban J connectivity index is 1.68. The molecule has 0 amide bonds. The van der Waals surface area contributed by atoms with Crippen molar-refractivity contribution in [3.8, 4) is 5.69 Å². The van der Waals surface area contributed by atoms with Gasteiger partial charge in [0.2, 0.25) is 11.5 Å². The van der Waals surface area contributed by atoms with Gasteiger partial charge < -0.3 is 10.5 Å². The van der Waals surface area contributed by atoms with E-state index in [1.54, 1.807) is 16.3 Å². The van der Waals surface area contributed by atoms with Crippen molar-refractivity contribution < 1.29 is 14.7 Å². The van der Waals surface area contributed by atoms with E-state index in [1.807, 2.05) is 36.5 Å². The van der Waals surface area contributed by atoms with Gasteiger partial charge in [-0.3, -0.25) is 4.79 Å². The molecule has 2 N–H and O–H groups in total. The first-order valence-corrected chi connectivity index (χ1v) is 8.72. The molecule has 3 aromatic rings. The van der Waals surface area contributed by atoms with Crippen LogP contribution in [0.2, 0.25) is 5.02 Å². The summed E-state index contributed by atoms with van der Waals surface area (Å²) in [5.41, 5.74) is 3.79. The van der Waals surface area contributed by atoms with Gasteiger partial charge in [-0.25, -0.2) is 9.48 Å². The highest BCUT2D eigenvalue weighted by Crippen LogP contribution is 2.22. The summed E-state index contributed by atoms with van der Waals surface area (Å²) >= 11 is 6.96. The van der Waals surface area contributed by atoms with Gasteiger partial charge in [-0.05, 0) is 35.2 Å². The fourth-order valence-corrected chi connectivity index (χ4v) is 3.24. The van der Waals surface area contributed by atoms with E-state index in [-0.39, 0.29) is 16.4 Å². The number of hydrogen-bond acceptors (Lipinski definition) is 6. The molecule has 3 rings (SSSR count). The number of nitrogens with one attached hydrogen (secondary N) is 1. The monoisotopic (exact) mass is 388 g/mol. The lowest BCUT2D eigenvalue weighted by Crippen LogP contribution is -2.26. The molecule has 132 valence electrons. The van der Waals surface area contributed by atoms with E-state index in [9.17, 15) is 14.7 Å². The van der Waals surface area contributed by atoms with Crippen LogP contribution < -0.4 is 5.43 Å². The molecular formula is C17H13ClN4O3S. The van der Waals surface area contributed by atoms with Gasteiger partial charge in [-0.1, -0.05) is 23.7 Å². The summed E-state index contributed by atoms with van der Waals surface area (Å²) in [6.07, 6.45) is 3.52. The number of carbonyl (C=O) groups is 2. The van der Waals surface area contributed by atoms with Crippen LogP contribution in [-0.4, -0.2) is 32.4 Å². The zero-order valence-electron chi connectivity index (χ0n) is 13.3. The van der Waals surface area contributed by atoms with E-state index in [2.05, 4.69) is 15.6 Å². The first-order chi connectivity index (χ1) is 12.6. The van der Waals surface area contributed by atoms with Gasteiger partial charge in [0.05, 0.1) is 22.1 Å². The Labute approximate surface area is 157 Å². The number of aromatic nitrogens is 2. The molecule has 0 aliphatic carbocycles. The minimum Gasteiger partial charge on any atom is -0.476 e. The van der Waals surface area contributed by atoms with Crippen molar-refractivity contribution in [1.29, 1.82) is 0 Å². The molecule has 0 fully saturated rings. The van der Waals surface area contributed by atoms with Crippen LogP contribution in [0.25, 0.3) is 5.69 Å². The average molecular weight is 389 g/mol. The largest absolute Gasteiger partial charge is 0.476 e. The molecule has 0 aliphatic rings. The quantitative estimate of drug-likeness (QED) is 0.281. The summed E-state index contributed by atoms with van der Waals surface area (Å²) in [6.45, 7) is 0.265. The van der Waals surface area contributed by atoms with Gasteiger partial charge in [0.25, 0.3) is 0 Å². The van der Waals surface area contributed by atoms with Crippen molar-refractivity contribution in [3.63, 3.8) is 0 Å². The predicted octanol–water partition coefficient (Wildman–Crippen LogP) is 3.00. The fourth-order valence-electron chi connectivity index (χ4n) is 2.16. The second kappa shape index (κ2) is 7.94. The lowest BCUT2D eigenvalue weighted by molar-refractivity contribution is -0.129. The maximum atomic E-state index is 12.3. The van der Waals surface area contributed by atoms with E-state index in [1.165, 1.54) is 6.07 Å². The molecule has 0 spiro atoms. The van der Waals surface area contributed by atoms with Gasteiger partial charge in [0, 0.05) is 12.4 Å². The number of ketones is 1. The van der Waals surface area contributed by atoms with E-state index in [0.29, 0.717) is 0 Å². The number of aliphatic carboxylic acids is 1. The Bertz CT molecular complexity index is 949. The highest BCUT2D eigenvalue weighted by molar-refractivity contribution is 7.14. The lowest BCUT2D eigenvalue weighted by Gasteiger charge is -2.05. The zero-order valence-corrected chi connectivity index (χ0v) is 14.9. The van der Waals surface area contributed by atoms with Crippen LogP contribution in [0.15, 0.2) is 59.3 Å². The van der Waals surface area contributed by atoms with E-state index in [0.717, 1.165) is 22.6 Å². The maximum absolute atomic E-state index is 12.3. The molecule has 2 heterocycles. The van der Waals surface area contributed by atoms with Crippen molar-refractivity contribution >= 4 is 40.4 Å². The number of carboxylic acids is 1. The summed E-state index contributed by atoms with van der Waals surface area (Å²) in [5, 5.41) is 18.9. The number of benzene rings is 1. The van der Waals surface area contributed by atoms with E-state index < -0.39 is 17.5 Å². The summed E-state index contributed by atoms with van der Waals surface area (Å²) < 4.78 is 1.72. The predicted molar refractivity (Wildman–Crippen MR) is 99.1 cm³/mol. The molecule has 0 atom stereocenters. The summed E-state index contributed by atoms with van der Waals surface area (Å²) in [5.74, 6) is -2.14. The topological polar surface area (TPSA) is 96.6 Å². The van der Waals surface area contributed by atoms with Crippen LogP contribution in [0.3, 0.4) is 0 Å². The van der Waals surface area contributed by atoms with Gasteiger partial charge in [0.1, 0.15) is 0 Å². The summed E-state index contributed by atoms with van der Waals surface area (Å²) in [4.78, 5) is 23.7. The average Bonchev–Trinajstić information content (AvgIpc) is 3.30. The van der Waals surface area contributed by atoms with Crippen LogP contribution in [0.1, 0.15) is 15.2 Å². The van der Waals surface area contributed by atoms with E-state index >= 15 is 0 Å². The molecular weight excluding hydrogens is 376 g/mol. The van der Waals surface area contributed by atoms with Gasteiger partial charge in [-0.2, -0.15) is 10.2 Å². The highest BCUT2D eigenvalue weighted by atomic mass is 35.5. The van der Waals surface area contributed by atoms with Crippen LogP contribution in [0.4, 0.5) is 0 Å². The van der Waals surface area contributed by atoms with Crippen LogP contribution in [0.5, 0.6) is 0 Å². The highest BCUT2D eigenvalue weighted by Gasteiger charge is 2.24. The molecule has 26 heavy (non-hydrogen) atoms. The molecule has 0 aliphatic heterocycles. The third-order valence-corrected chi connectivity index (χ3v) is 4.76. The SMILES string of the molecule is O=C(O)/C(=N\NCc1ccc(-n2cccn2)cc1)C(=O)c1sccc1Cl. The Morgan fingerprint density at radius 2 is 2.04 bits per heavy atom. The summed E-state index contributed by atoms with van der Waals surface area (Å²) in [6, 6.07) is 10.8. The Morgan fingerprint density at radius 1 is 1.27 bits per heavy atom. The molecule has 0 unspecified atom stereocenters. The van der Waals surface area contributed by atoms with Crippen molar-refractivity contribution in [1.82, 2.24) is 15.2 Å². The molecule has 0 radical (unpaired) electrons.